The molecule has 204 valence electrons. The smallest absolute Gasteiger partial charge is 0.340 e. The van der Waals surface area contributed by atoms with Crippen LogP contribution in [0.1, 0.15) is 52.9 Å². The van der Waals surface area contributed by atoms with Gasteiger partial charge in [-0.3, -0.25) is 0 Å². The second kappa shape index (κ2) is 10.7. The summed E-state index contributed by atoms with van der Waals surface area (Å²) in [5.74, 6) is 1.05. The fraction of sp³-hybridized carbons (Fsp3) is 0.265. The SMILES string of the molecule is CCOCCCN(CC)c1ccc2c(c1)Oc1cc(C)c(Nc3ccccc3)cc1C21OC(=O)c2ccccc21. The Morgan fingerprint density at radius 2 is 1.65 bits per heavy atom. The van der Waals surface area contributed by atoms with Gasteiger partial charge in [0.1, 0.15) is 11.5 Å². The van der Waals surface area contributed by atoms with Gasteiger partial charge >= 0.3 is 5.97 Å². The second-order valence-electron chi connectivity index (χ2n) is 10.2. The van der Waals surface area contributed by atoms with E-state index in [1.807, 2.05) is 67.6 Å². The van der Waals surface area contributed by atoms with Crippen LogP contribution < -0.4 is 15.0 Å². The van der Waals surface area contributed by atoms with Crippen LogP contribution in [0.2, 0.25) is 0 Å². The fourth-order valence-electron chi connectivity index (χ4n) is 5.79. The van der Waals surface area contributed by atoms with Crippen molar-refractivity contribution in [1.82, 2.24) is 0 Å². The third-order valence-electron chi connectivity index (χ3n) is 7.76. The molecule has 0 fully saturated rings. The highest BCUT2D eigenvalue weighted by Crippen LogP contribution is 2.57. The molecule has 2 aliphatic rings. The zero-order chi connectivity index (χ0) is 27.7. The van der Waals surface area contributed by atoms with E-state index < -0.39 is 5.60 Å². The number of para-hydroxylation sites is 1. The molecule has 2 heterocycles. The van der Waals surface area contributed by atoms with Gasteiger partial charge in [-0.15, -0.1) is 0 Å². The number of nitrogens with one attached hydrogen (secondary N) is 1. The number of fused-ring (bicyclic) bond motifs is 6. The summed E-state index contributed by atoms with van der Waals surface area (Å²) in [7, 11) is 0. The Labute approximate surface area is 235 Å². The molecule has 6 nitrogen and oxygen atoms in total. The third kappa shape index (κ3) is 4.38. The summed E-state index contributed by atoms with van der Waals surface area (Å²) in [6, 6.07) is 28.0. The normalized spacial score (nSPS) is 16.5. The predicted molar refractivity (Wildman–Crippen MR) is 158 cm³/mol. The van der Waals surface area contributed by atoms with E-state index in [0.29, 0.717) is 17.1 Å². The van der Waals surface area contributed by atoms with E-state index >= 15 is 0 Å². The highest BCUT2D eigenvalue weighted by Gasteiger charge is 2.53. The maximum absolute atomic E-state index is 13.3. The predicted octanol–water partition coefficient (Wildman–Crippen LogP) is 7.56. The number of anilines is 3. The first-order valence-corrected chi connectivity index (χ1v) is 14.0. The summed E-state index contributed by atoms with van der Waals surface area (Å²) >= 11 is 0. The highest BCUT2D eigenvalue weighted by molar-refractivity contribution is 5.97. The van der Waals surface area contributed by atoms with Crippen LogP contribution in [0.15, 0.2) is 84.9 Å². The van der Waals surface area contributed by atoms with Crippen molar-refractivity contribution in [3.63, 3.8) is 0 Å². The summed E-state index contributed by atoms with van der Waals surface area (Å²) in [4.78, 5) is 15.6. The zero-order valence-electron chi connectivity index (χ0n) is 23.2. The molecule has 0 aliphatic carbocycles. The molecule has 1 unspecified atom stereocenters. The van der Waals surface area contributed by atoms with E-state index in [4.69, 9.17) is 14.2 Å². The molecule has 2 aliphatic heterocycles. The van der Waals surface area contributed by atoms with Gasteiger partial charge in [-0.2, -0.15) is 0 Å². The van der Waals surface area contributed by atoms with Crippen LogP contribution in [0.3, 0.4) is 0 Å². The molecule has 6 heteroatoms. The number of carbonyl (C=O) groups is 1. The Morgan fingerprint density at radius 3 is 2.45 bits per heavy atom. The zero-order valence-corrected chi connectivity index (χ0v) is 23.2. The van der Waals surface area contributed by atoms with Crippen molar-refractivity contribution in [2.75, 3.05) is 36.5 Å². The molecule has 0 amide bonds. The van der Waals surface area contributed by atoms with E-state index in [1.54, 1.807) is 0 Å². The van der Waals surface area contributed by atoms with E-state index in [-0.39, 0.29) is 5.97 Å². The summed E-state index contributed by atoms with van der Waals surface area (Å²) in [5.41, 5.74) is 5.93. The van der Waals surface area contributed by atoms with Crippen molar-refractivity contribution in [3.05, 3.63) is 113 Å². The van der Waals surface area contributed by atoms with Crippen LogP contribution in [0.4, 0.5) is 17.1 Å². The van der Waals surface area contributed by atoms with Crippen LogP contribution in [-0.4, -0.2) is 32.3 Å². The number of nitrogens with zero attached hydrogens (tertiary/aromatic N) is 1. The van der Waals surface area contributed by atoms with Gasteiger partial charge in [-0.05, 0) is 75.2 Å². The molecule has 0 saturated heterocycles. The first kappa shape index (κ1) is 26.0. The molecule has 6 rings (SSSR count). The van der Waals surface area contributed by atoms with Crippen molar-refractivity contribution in [2.24, 2.45) is 0 Å². The number of hydrogen-bond acceptors (Lipinski definition) is 6. The van der Waals surface area contributed by atoms with Gasteiger partial charge in [0.05, 0.1) is 5.56 Å². The van der Waals surface area contributed by atoms with Gasteiger partial charge in [-0.25, -0.2) is 4.79 Å². The Balaban J connectivity index is 1.48. The molecule has 0 saturated carbocycles. The first-order valence-electron chi connectivity index (χ1n) is 14.0. The summed E-state index contributed by atoms with van der Waals surface area (Å²) < 4.78 is 18.6. The van der Waals surface area contributed by atoms with Crippen molar-refractivity contribution in [2.45, 2.75) is 32.8 Å². The van der Waals surface area contributed by atoms with E-state index in [1.165, 1.54) is 0 Å². The molecule has 4 aromatic rings. The van der Waals surface area contributed by atoms with Gasteiger partial charge in [0.2, 0.25) is 0 Å². The van der Waals surface area contributed by atoms with Gasteiger partial charge in [0.25, 0.3) is 0 Å². The lowest BCUT2D eigenvalue weighted by molar-refractivity contribution is 0.0224. The summed E-state index contributed by atoms with van der Waals surface area (Å²) in [6.07, 6.45) is 0.938. The number of hydrogen-bond donors (Lipinski definition) is 1. The molecule has 4 aromatic carbocycles. The Bertz CT molecular complexity index is 1550. The van der Waals surface area contributed by atoms with Crippen molar-refractivity contribution in [3.8, 4) is 11.5 Å². The largest absolute Gasteiger partial charge is 0.456 e. The molecule has 0 bridgehead atoms. The highest BCUT2D eigenvalue weighted by atomic mass is 16.6. The summed E-state index contributed by atoms with van der Waals surface area (Å²) in [6.45, 7) is 9.42. The average Bonchev–Trinajstić information content (AvgIpc) is 3.27. The fourth-order valence-corrected chi connectivity index (χ4v) is 5.79. The van der Waals surface area contributed by atoms with Crippen LogP contribution in [0, 0.1) is 6.92 Å². The van der Waals surface area contributed by atoms with Crippen molar-refractivity contribution in [1.29, 1.82) is 0 Å². The van der Waals surface area contributed by atoms with Crippen LogP contribution in [0.25, 0.3) is 0 Å². The van der Waals surface area contributed by atoms with E-state index in [9.17, 15) is 4.79 Å². The van der Waals surface area contributed by atoms with Gasteiger partial charge in [0, 0.05) is 66.1 Å². The monoisotopic (exact) mass is 534 g/mol. The summed E-state index contributed by atoms with van der Waals surface area (Å²) in [5, 5.41) is 3.54. The van der Waals surface area contributed by atoms with Crippen LogP contribution in [-0.2, 0) is 15.1 Å². The quantitative estimate of drug-likeness (QED) is 0.177. The van der Waals surface area contributed by atoms with Crippen molar-refractivity contribution < 1.29 is 19.0 Å². The number of benzene rings is 4. The molecule has 1 N–H and O–H groups in total. The lowest BCUT2D eigenvalue weighted by Gasteiger charge is -2.38. The molecule has 0 aromatic heterocycles. The van der Waals surface area contributed by atoms with Crippen molar-refractivity contribution >= 4 is 23.0 Å². The second-order valence-corrected chi connectivity index (χ2v) is 10.2. The maximum Gasteiger partial charge on any atom is 0.340 e. The molecule has 0 radical (unpaired) electrons. The van der Waals surface area contributed by atoms with E-state index in [0.717, 1.165) is 72.0 Å². The minimum atomic E-state index is -1.11. The molecule has 1 atom stereocenters. The minimum Gasteiger partial charge on any atom is -0.456 e. The van der Waals surface area contributed by atoms with Crippen LogP contribution in [0.5, 0.6) is 11.5 Å². The Hall–Kier alpha value is -4.29. The third-order valence-corrected chi connectivity index (χ3v) is 7.76. The molecular formula is C34H34N2O4. The molecular weight excluding hydrogens is 500 g/mol. The lowest BCUT2D eigenvalue weighted by Crippen LogP contribution is -2.33. The Kier molecular flexibility index (Phi) is 6.95. The van der Waals surface area contributed by atoms with Gasteiger partial charge in [-0.1, -0.05) is 36.4 Å². The number of aryl methyl sites for hydroxylation is 1. The number of carbonyl (C=O) groups excluding carboxylic acids is 1. The molecule has 40 heavy (non-hydrogen) atoms. The standard InChI is InChI=1S/C34H34N2O4/c1-4-36(18-11-19-38-5-2)25-16-17-28-32(21-25)39-31-20-23(3)30(35-24-12-7-6-8-13-24)22-29(31)34(28)27-15-10-9-14-26(27)33(37)40-34/h6-10,12-17,20-22,35H,4-5,11,18-19H2,1-3H3. The number of ether oxygens (including phenoxy) is 3. The number of rotatable bonds is 9. The average molecular weight is 535 g/mol. The maximum atomic E-state index is 13.3. The lowest BCUT2D eigenvalue weighted by atomic mass is 9.77. The van der Waals surface area contributed by atoms with Gasteiger partial charge < -0.3 is 24.4 Å². The van der Waals surface area contributed by atoms with E-state index in [2.05, 4.69) is 48.3 Å². The minimum absolute atomic E-state index is 0.331. The Morgan fingerprint density at radius 1 is 0.875 bits per heavy atom. The first-order chi connectivity index (χ1) is 19.5. The molecule has 1 spiro atoms. The van der Waals surface area contributed by atoms with Crippen LogP contribution >= 0.6 is 0 Å². The topological polar surface area (TPSA) is 60.0 Å². The number of esters is 1. The van der Waals surface area contributed by atoms with Gasteiger partial charge in [0.15, 0.2) is 5.60 Å².